The van der Waals surface area contributed by atoms with Gasteiger partial charge in [0.15, 0.2) is 5.78 Å². The maximum atomic E-state index is 12.0. The minimum absolute atomic E-state index is 0.193. The Morgan fingerprint density at radius 2 is 1.86 bits per heavy atom. The lowest BCUT2D eigenvalue weighted by molar-refractivity contribution is 0.0696. The highest BCUT2D eigenvalue weighted by Gasteiger charge is 2.09. The molecule has 0 aliphatic heterocycles. The summed E-state index contributed by atoms with van der Waals surface area (Å²) in [6.07, 6.45) is 2.10. The van der Waals surface area contributed by atoms with Crippen LogP contribution in [0.15, 0.2) is 35.7 Å². The summed E-state index contributed by atoms with van der Waals surface area (Å²) >= 11 is 1.49. The largest absolute Gasteiger partial charge is 0.494 e. The monoisotopic (exact) mass is 318 g/mol. The number of aromatic carboxylic acids is 1. The molecule has 0 saturated heterocycles. The molecule has 0 saturated carbocycles. The van der Waals surface area contributed by atoms with Crippen molar-refractivity contribution in [2.45, 2.75) is 26.2 Å². The van der Waals surface area contributed by atoms with Crippen molar-refractivity contribution in [2.75, 3.05) is 6.61 Å². The molecule has 0 unspecified atom stereocenters. The number of Topliss-reactive ketones (excluding diaryl/α,β-unsaturated/α-hetero) is 1. The van der Waals surface area contributed by atoms with Gasteiger partial charge in [-0.15, -0.1) is 11.3 Å². The van der Waals surface area contributed by atoms with Crippen molar-refractivity contribution in [3.63, 3.8) is 0 Å². The SMILES string of the molecule is Cc1ccsc1C(=O)CCCCOc1ccc(C(=O)O)cc1. The van der Waals surface area contributed by atoms with Crippen LogP contribution in [0.4, 0.5) is 0 Å². The Hall–Kier alpha value is -2.14. The van der Waals surface area contributed by atoms with Crippen LogP contribution in [0.2, 0.25) is 0 Å². The van der Waals surface area contributed by atoms with Crippen LogP contribution in [-0.2, 0) is 0 Å². The quantitative estimate of drug-likeness (QED) is 0.585. The molecule has 0 aliphatic carbocycles. The zero-order valence-electron chi connectivity index (χ0n) is 12.4. The number of ketones is 1. The van der Waals surface area contributed by atoms with Gasteiger partial charge < -0.3 is 9.84 Å². The van der Waals surface area contributed by atoms with Crippen molar-refractivity contribution in [3.8, 4) is 5.75 Å². The number of ether oxygens (including phenoxy) is 1. The number of aryl methyl sites for hydroxylation is 1. The van der Waals surface area contributed by atoms with Crippen LogP contribution in [0.5, 0.6) is 5.75 Å². The van der Waals surface area contributed by atoms with Gasteiger partial charge in [0, 0.05) is 6.42 Å². The van der Waals surface area contributed by atoms with Crippen LogP contribution < -0.4 is 4.74 Å². The standard InChI is InChI=1S/C17H18O4S/c1-12-9-11-22-16(12)15(18)4-2-3-10-21-14-7-5-13(6-8-14)17(19)20/h5-9,11H,2-4,10H2,1H3,(H,19,20). The molecule has 5 heteroatoms. The Labute approximate surface area is 133 Å². The van der Waals surface area contributed by atoms with Crippen molar-refractivity contribution in [1.29, 1.82) is 0 Å². The molecule has 1 aromatic heterocycles. The second kappa shape index (κ2) is 7.75. The Kier molecular flexibility index (Phi) is 5.72. The Bertz CT molecular complexity index is 643. The first-order valence-corrected chi connectivity index (χ1v) is 7.99. The normalized spacial score (nSPS) is 10.4. The molecule has 0 bridgehead atoms. The van der Waals surface area contributed by atoms with Gasteiger partial charge in [0.2, 0.25) is 0 Å². The van der Waals surface area contributed by atoms with E-state index in [9.17, 15) is 9.59 Å². The average molecular weight is 318 g/mol. The smallest absolute Gasteiger partial charge is 0.335 e. The molecule has 0 fully saturated rings. The van der Waals surface area contributed by atoms with Crippen molar-refractivity contribution >= 4 is 23.1 Å². The summed E-state index contributed by atoms with van der Waals surface area (Å²) in [5.41, 5.74) is 1.29. The number of carboxylic acid groups (broad SMARTS) is 1. The number of unbranched alkanes of at least 4 members (excludes halogenated alkanes) is 1. The molecule has 4 nitrogen and oxygen atoms in total. The van der Waals surface area contributed by atoms with E-state index < -0.39 is 5.97 Å². The van der Waals surface area contributed by atoms with Gasteiger partial charge in [-0.1, -0.05) is 0 Å². The molecule has 1 heterocycles. The predicted octanol–water partition coefficient (Wildman–Crippen LogP) is 4.19. The van der Waals surface area contributed by atoms with E-state index in [0.717, 1.165) is 23.3 Å². The summed E-state index contributed by atoms with van der Waals surface area (Å²) in [4.78, 5) is 23.6. The van der Waals surface area contributed by atoms with E-state index in [1.54, 1.807) is 12.1 Å². The number of carbonyl (C=O) groups is 2. The number of carboxylic acids is 1. The molecule has 0 spiro atoms. The fourth-order valence-electron chi connectivity index (χ4n) is 2.04. The summed E-state index contributed by atoms with van der Waals surface area (Å²) in [6, 6.07) is 8.27. The first kappa shape index (κ1) is 16.2. The minimum atomic E-state index is -0.950. The fourth-order valence-corrected chi connectivity index (χ4v) is 2.94. The molecule has 22 heavy (non-hydrogen) atoms. The van der Waals surface area contributed by atoms with E-state index in [2.05, 4.69) is 0 Å². The third-order valence-corrected chi connectivity index (χ3v) is 4.34. The Balaban J connectivity index is 1.68. The highest BCUT2D eigenvalue weighted by molar-refractivity contribution is 7.12. The molecular weight excluding hydrogens is 300 g/mol. The summed E-state index contributed by atoms with van der Waals surface area (Å²) in [6.45, 7) is 2.47. The Morgan fingerprint density at radius 1 is 1.14 bits per heavy atom. The lowest BCUT2D eigenvalue weighted by atomic mass is 10.1. The van der Waals surface area contributed by atoms with Crippen molar-refractivity contribution in [3.05, 3.63) is 51.7 Å². The van der Waals surface area contributed by atoms with E-state index in [4.69, 9.17) is 9.84 Å². The van der Waals surface area contributed by atoms with Gasteiger partial charge in [-0.25, -0.2) is 4.79 Å². The topological polar surface area (TPSA) is 63.6 Å². The van der Waals surface area contributed by atoms with Gasteiger partial charge in [-0.3, -0.25) is 4.79 Å². The van der Waals surface area contributed by atoms with Crippen LogP contribution >= 0.6 is 11.3 Å². The summed E-state index contributed by atoms with van der Waals surface area (Å²) in [7, 11) is 0. The van der Waals surface area contributed by atoms with Crippen LogP contribution in [0.3, 0.4) is 0 Å². The average Bonchev–Trinajstić information content (AvgIpc) is 2.93. The van der Waals surface area contributed by atoms with Gasteiger partial charge in [-0.2, -0.15) is 0 Å². The second-order valence-electron chi connectivity index (χ2n) is 4.99. The van der Waals surface area contributed by atoms with Crippen molar-refractivity contribution in [2.24, 2.45) is 0 Å². The highest BCUT2D eigenvalue weighted by Crippen LogP contribution is 2.19. The molecule has 1 N–H and O–H groups in total. The number of thiophene rings is 1. The third-order valence-electron chi connectivity index (χ3n) is 3.28. The molecule has 2 aromatic rings. The minimum Gasteiger partial charge on any atom is -0.494 e. The van der Waals surface area contributed by atoms with E-state index in [0.29, 0.717) is 18.8 Å². The molecule has 0 aliphatic rings. The van der Waals surface area contributed by atoms with Crippen LogP contribution in [0.1, 0.15) is 44.9 Å². The molecule has 0 atom stereocenters. The zero-order chi connectivity index (χ0) is 15.9. The first-order chi connectivity index (χ1) is 10.6. The van der Waals surface area contributed by atoms with Gasteiger partial charge >= 0.3 is 5.97 Å². The van der Waals surface area contributed by atoms with Gasteiger partial charge in [-0.05, 0) is 61.0 Å². The number of benzene rings is 1. The lowest BCUT2D eigenvalue weighted by Crippen LogP contribution is -2.02. The third kappa shape index (κ3) is 4.43. The van der Waals surface area contributed by atoms with Crippen molar-refractivity contribution < 1.29 is 19.4 Å². The van der Waals surface area contributed by atoms with E-state index >= 15 is 0 Å². The molecule has 0 amide bonds. The fraction of sp³-hybridized carbons (Fsp3) is 0.294. The summed E-state index contributed by atoms with van der Waals surface area (Å²) < 4.78 is 5.54. The number of carbonyl (C=O) groups excluding carboxylic acids is 1. The molecule has 2 rings (SSSR count). The highest BCUT2D eigenvalue weighted by atomic mass is 32.1. The second-order valence-corrected chi connectivity index (χ2v) is 5.91. The summed E-state index contributed by atoms with van der Waals surface area (Å²) in [5.74, 6) is -0.113. The van der Waals surface area contributed by atoms with Gasteiger partial charge in [0.05, 0.1) is 17.0 Å². The Morgan fingerprint density at radius 3 is 2.45 bits per heavy atom. The first-order valence-electron chi connectivity index (χ1n) is 7.11. The van der Waals surface area contributed by atoms with Gasteiger partial charge in [0.1, 0.15) is 5.75 Å². The number of rotatable bonds is 8. The van der Waals surface area contributed by atoms with E-state index in [1.807, 2.05) is 18.4 Å². The molecule has 116 valence electrons. The van der Waals surface area contributed by atoms with Crippen LogP contribution in [0, 0.1) is 6.92 Å². The number of hydrogen-bond donors (Lipinski definition) is 1. The predicted molar refractivity (Wildman–Crippen MR) is 86.1 cm³/mol. The molecule has 0 radical (unpaired) electrons. The van der Waals surface area contributed by atoms with E-state index in [1.165, 1.54) is 23.5 Å². The summed E-state index contributed by atoms with van der Waals surface area (Å²) in [5, 5.41) is 10.7. The van der Waals surface area contributed by atoms with Crippen LogP contribution in [0.25, 0.3) is 0 Å². The maximum Gasteiger partial charge on any atom is 0.335 e. The number of hydrogen-bond acceptors (Lipinski definition) is 4. The van der Waals surface area contributed by atoms with Gasteiger partial charge in [0.25, 0.3) is 0 Å². The zero-order valence-corrected chi connectivity index (χ0v) is 13.2. The maximum absolute atomic E-state index is 12.0. The molecular formula is C17H18O4S. The van der Waals surface area contributed by atoms with Crippen molar-refractivity contribution in [1.82, 2.24) is 0 Å². The lowest BCUT2D eigenvalue weighted by Gasteiger charge is -2.06. The molecule has 1 aromatic carbocycles. The van der Waals surface area contributed by atoms with Crippen LogP contribution in [-0.4, -0.2) is 23.5 Å². The van der Waals surface area contributed by atoms with E-state index in [-0.39, 0.29) is 11.3 Å².